The fourth-order valence-electron chi connectivity index (χ4n) is 6.79. The second-order valence-corrected chi connectivity index (χ2v) is 10.3. The van der Waals surface area contributed by atoms with Gasteiger partial charge >= 0.3 is 0 Å². The molecule has 0 amide bonds. The molecule has 2 fully saturated rings. The van der Waals surface area contributed by atoms with Crippen molar-refractivity contribution in [1.82, 2.24) is 0 Å². The lowest BCUT2D eigenvalue weighted by Crippen LogP contribution is -2.59. The molecular formula is C24H38O4. The molecular weight excluding hydrogens is 352 g/mol. The Bertz CT molecular complexity index is 698. The van der Waals surface area contributed by atoms with E-state index in [1.165, 1.54) is 6.42 Å². The first-order valence-electron chi connectivity index (χ1n) is 10.6. The molecule has 3 rings (SSSR count). The molecule has 1 unspecified atom stereocenters. The lowest BCUT2D eigenvalue weighted by atomic mass is 9.44. The summed E-state index contributed by atoms with van der Waals surface area (Å²) in [5, 5.41) is 23.2. The zero-order valence-electron chi connectivity index (χ0n) is 18.6. The van der Waals surface area contributed by atoms with Crippen LogP contribution in [0.2, 0.25) is 0 Å². The molecule has 0 bridgehead atoms. The SMILES string of the molecule is COc1cc(C)cc(OC)c1C(O)[C@@H]1[C@@]2(C)CCCC(C)(C)[C@@H]2CC[C@]1(C)O. The first-order chi connectivity index (χ1) is 13.0. The summed E-state index contributed by atoms with van der Waals surface area (Å²) in [6.07, 6.45) is 4.20. The van der Waals surface area contributed by atoms with Crippen LogP contribution in [0.4, 0.5) is 0 Å². The van der Waals surface area contributed by atoms with Crippen molar-refractivity contribution in [2.45, 2.75) is 78.4 Å². The van der Waals surface area contributed by atoms with Crippen LogP contribution >= 0.6 is 0 Å². The van der Waals surface area contributed by atoms with Crippen LogP contribution in [0.3, 0.4) is 0 Å². The molecule has 28 heavy (non-hydrogen) atoms. The van der Waals surface area contributed by atoms with Crippen molar-refractivity contribution in [3.05, 3.63) is 23.3 Å². The highest BCUT2D eigenvalue weighted by atomic mass is 16.5. The van der Waals surface area contributed by atoms with Gasteiger partial charge in [0.15, 0.2) is 0 Å². The van der Waals surface area contributed by atoms with Gasteiger partial charge in [0.05, 0.1) is 31.5 Å². The number of hydrogen-bond donors (Lipinski definition) is 2. The topological polar surface area (TPSA) is 58.9 Å². The van der Waals surface area contributed by atoms with Gasteiger partial charge in [0, 0.05) is 5.92 Å². The summed E-state index contributed by atoms with van der Waals surface area (Å²) in [7, 11) is 3.25. The first-order valence-corrected chi connectivity index (χ1v) is 10.6. The molecule has 2 N–H and O–H groups in total. The predicted octanol–water partition coefficient (Wildman–Crippen LogP) is 5.04. The normalized spacial score (nSPS) is 35.8. The third kappa shape index (κ3) is 3.33. The molecule has 5 atom stereocenters. The average molecular weight is 391 g/mol. The highest BCUT2D eigenvalue weighted by Gasteiger charge is 2.60. The zero-order chi connectivity index (χ0) is 20.9. The van der Waals surface area contributed by atoms with Crippen molar-refractivity contribution < 1.29 is 19.7 Å². The Kier molecular flexibility index (Phi) is 5.52. The van der Waals surface area contributed by atoms with Gasteiger partial charge in [-0.3, -0.25) is 0 Å². The van der Waals surface area contributed by atoms with Gasteiger partial charge in [0.25, 0.3) is 0 Å². The van der Waals surface area contributed by atoms with Crippen LogP contribution in [0.5, 0.6) is 11.5 Å². The largest absolute Gasteiger partial charge is 0.496 e. The van der Waals surface area contributed by atoms with E-state index in [0.29, 0.717) is 29.4 Å². The maximum Gasteiger partial charge on any atom is 0.128 e. The third-order valence-corrected chi connectivity index (χ3v) is 7.90. The van der Waals surface area contributed by atoms with Gasteiger partial charge in [0.1, 0.15) is 11.5 Å². The van der Waals surface area contributed by atoms with E-state index in [0.717, 1.165) is 24.8 Å². The Morgan fingerprint density at radius 1 is 1.00 bits per heavy atom. The van der Waals surface area contributed by atoms with E-state index in [4.69, 9.17) is 9.47 Å². The Hall–Kier alpha value is -1.26. The van der Waals surface area contributed by atoms with Gasteiger partial charge in [-0.05, 0) is 74.0 Å². The van der Waals surface area contributed by atoms with Crippen LogP contribution in [0, 0.1) is 29.6 Å². The monoisotopic (exact) mass is 390 g/mol. The first kappa shape index (κ1) is 21.4. The number of rotatable bonds is 4. The Balaban J connectivity index is 2.15. The molecule has 0 aromatic heterocycles. The summed E-state index contributed by atoms with van der Waals surface area (Å²) in [4.78, 5) is 0. The summed E-state index contributed by atoms with van der Waals surface area (Å²) in [6.45, 7) is 10.9. The second-order valence-electron chi connectivity index (χ2n) is 10.3. The van der Waals surface area contributed by atoms with Crippen molar-refractivity contribution >= 4 is 0 Å². The van der Waals surface area contributed by atoms with Crippen molar-refractivity contribution in [3.8, 4) is 11.5 Å². The Labute approximate surface area is 170 Å². The number of fused-ring (bicyclic) bond motifs is 1. The number of aliphatic hydroxyl groups excluding tert-OH is 1. The lowest BCUT2D eigenvalue weighted by Gasteiger charge is -2.62. The second kappa shape index (κ2) is 7.21. The van der Waals surface area contributed by atoms with Gasteiger partial charge < -0.3 is 19.7 Å². The molecule has 2 saturated carbocycles. The summed E-state index contributed by atoms with van der Waals surface area (Å²) in [6, 6.07) is 3.87. The summed E-state index contributed by atoms with van der Waals surface area (Å²) >= 11 is 0. The standard InChI is InChI=1S/C24H38O4/c1-15-13-16(27-6)19(17(14-15)28-7)20(25)21-23(4)11-8-10-22(2,3)18(23)9-12-24(21,5)26/h13-14,18,20-21,25-26H,8-12H2,1-7H3/t18-,20?,21+,23-,24-/m0/s1. The molecule has 0 spiro atoms. The quantitative estimate of drug-likeness (QED) is 0.756. The smallest absolute Gasteiger partial charge is 0.128 e. The molecule has 0 saturated heterocycles. The van der Waals surface area contributed by atoms with Crippen LogP contribution in [0.1, 0.15) is 77.0 Å². The minimum Gasteiger partial charge on any atom is -0.496 e. The van der Waals surface area contributed by atoms with E-state index in [1.54, 1.807) is 14.2 Å². The van der Waals surface area contributed by atoms with Crippen molar-refractivity contribution in [2.24, 2.45) is 22.7 Å². The molecule has 2 aliphatic rings. The van der Waals surface area contributed by atoms with Crippen LogP contribution in [-0.4, -0.2) is 30.0 Å². The van der Waals surface area contributed by atoms with Gasteiger partial charge in [-0.15, -0.1) is 0 Å². The van der Waals surface area contributed by atoms with E-state index >= 15 is 0 Å². The summed E-state index contributed by atoms with van der Waals surface area (Å²) in [5.74, 6) is 1.43. The molecule has 2 aliphatic carbocycles. The zero-order valence-corrected chi connectivity index (χ0v) is 18.6. The predicted molar refractivity (Wildman–Crippen MR) is 112 cm³/mol. The van der Waals surface area contributed by atoms with E-state index in [9.17, 15) is 10.2 Å². The number of aliphatic hydroxyl groups is 2. The van der Waals surface area contributed by atoms with Crippen LogP contribution in [-0.2, 0) is 0 Å². The van der Waals surface area contributed by atoms with E-state index < -0.39 is 11.7 Å². The lowest BCUT2D eigenvalue weighted by molar-refractivity contribution is -0.201. The van der Waals surface area contributed by atoms with Gasteiger partial charge in [0.2, 0.25) is 0 Å². The van der Waals surface area contributed by atoms with E-state index in [1.807, 2.05) is 26.0 Å². The molecule has 1 aromatic rings. The number of methoxy groups -OCH3 is 2. The molecule has 0 radical (unpaired) electrons. The van der Waals surface area contributed by atoms with Crippen molar-refractivity contribution in [2.75, 3.05) is 14.2 Å². The molecule has 0 aliphatic heterocycles. The van der Waals surface area contributed by atoms with E-state index in [2.05, 4.69) is 20.8 Å². The van der Waals surface area contributed by atoms with Crippen molar-refractivity contribution in [1.29, 1.82) is 0 Å². The summed E-state index contributed by atoms with van der Waals surface area (Å²) in [5.41, 5.74) is 0.792. The van der Waals surface area contributed by atoms with Crippen LogP contribution in [0.25, 0.3) is 0 Å². The number of hydrogen-bond acceptors (Lipinski definition) is 4. The Morgan fingerprint density at radius 2 is 1.57 bits per heavy atom. The third-order valence-electron chi connectivity index (χ3n) is 7.90. The van der Waals surface area contributed by atoms with Crippen LogP contribution < -0.4 is 9.47 Å². The van der Waals surface area contributed by atoms with Gasteiger partial charge in [-0.1, -0.05) is 27.2 Å². The minimum atomic E-state index is -0.945. The molecule has 4 nitrogen and oxygen atoms in total. The van der Waals surface area contributed by atoms with Crippen LogP contribution in [0.15, 0.2) is 12.1 Å². The van der Waals surface area contributed by atoms with Gasteiger partial charge in [-0.25, -0.2) is 0 Å². The maximum atomic E-state index is 11.8. The minimum absolute atomic E-state index is 0.149. The molecule has 158 valence electrons. The molecule has 1 aromatic carbocycles. The maximum absolute atomic E-state index is 11.8. The Morgan fingerprint density at radius 3 is 2.11 bits per heavy atom. The van der Waals surface area contributed by atoms with E-state index in [-0.39, 0.29) is 16.7 Å². The number of aryl methyl sites for hydroxylation is 1. The van der Waals surface area contributed by atoms with Crippen molar-refractivity contribution in [3.63, 3.8) is 0 Å². The fraction of sp³-hybridized carbons (Fsp3) is 0.750. The highest BCUT2D eigenvalue weighted by Crippen LogP contribution is 2.65. The number of ether oxygens (including phenoxy) is 2. The fourth-order valence-corrected chi connectivity index (χ4v) is 6.79. The summed E-state index contributed by atoms with van der Waals surface area (Å²) < 4.78 is 11.3. The number of benzene rings is 1. The molecule has 4 heteroatoms. The average Bonchev–Trinajstić information content (AvgIpc) is 2.58. The van der Waals surface area contributed by atoms with Gasteiger partial charge in [-0.2, -0.15) is 0 Å². The highest BCUT2D eigenvalue weighted by molar-refractivity contribution is 5.50. The molecule has 0 heterocycles.